The van der Waals surface area contributed by atoms with Gasteiger partial charge in [0.05, 0.1) is 11.3 Å². The summed E-state index contributed by atoms with van der Waals surface area (Å²) in [4.78, 5) is 11.6. The van der Waals surface area contributed by atoms with E-state index in [1.807, 2.05) is 6.92 Å². The standard InChI is InChI=1S/C9H13N3O/c1-5-9-7(12-11-5)2-6(4-10)3-8(9)13/h6H,2-4,10H2,1H3,(H,11,12). The molecule has 0 fully saturated rings. The Bertz CT molecular complexity index is 343. The van der Waals surface area contributed by atoms with Gasteiger partial charge >= 0.3 is 0 Å². The lowest BCUT2D eigenvalue weighted by Crippen LogP contribution is -2.26. The molecule has 70 valence electrons. The number of hydrogen-bond donors (Lipinski definition) is 2. The highest BCUT2D eigenvalue weighted by atomic mass is 16.1. The molecule has 1 aliphatic rings. The van der Waals surface area contributed by atoms with Crippen molar-refractivity contribution in [1.82, 2.24) is 10.2 Å². The van der Waals surface area contributed by atoms with Gasteiger partial charge in [-0.3, -0.25) is 9.89 Å². The highest BCUT2D eigenvalue weighted by Crippen LogP contribution is 2.25. The van der Waals surface area contributed by atoms with Crippen LogP contribution in [0.5, 0.6) is 0 Å². The van der Waals surface area contributed by atoms with E-state index in [0.29, 0.717) is 13.0 Å². The number of aromatic amines is 1. The number of nitrogens with two attached hydrogens (primary N) is 1. The first kappa shape index (κ1) is 8.44. The maximum absolute atomic E-state index is 11.6. The van der Waals surface area contributed by atoms with Gasteiger partial charge in [0.25, 0.3) is 0 Å². The Labute approximate surface area is 76.5 Å². The van der Waals surface area contributed by atoms with E-state index in [0.717, 1.165) is 23.4 Å². The van der Waals surface area contributed by atoms with E-state index in [1.54, 1.807) is 0 Å². The molecule has 0 aliphatic heterocycles. The van der Waals surface area contributed by atoms with E-state index in [1.165, 1.54) is 0 Å². The van der Waals surface area contributed by atoms with Crippen LogP contribution in [-0.4, -0.2) is 22.5 Å². The average molecular weight is 179 g/mol. The summed E-state index contributed by atoms with van der Waals surface area (Å²) in [6.07, 6.45) is 1.41. The van der Waals surface area contributed by atoms with Crippen LogP contribution in [0, 0.1) is 12.8 Å². The molecule has 0 saturated heterocycles. The second-order valence-corrected chi connectivity index (χ2v) is 3.60. The molecular weight excluding hydrogens is 166 g/mol. The maximum Gasteiger partial charge on any atom is 0.166 e. The van der Waals surface area contributed by atoms with Gasteiger partial charge in [-0.15, -0.1) is 0 Å². The Kier molecular flexibility index (Phi) is 1.92. The molecule has 0 saturated carbocycles. The van der Waals surface area contributed by atoms with Gasteiger partial charge in [0, 0.05) is 12.1 Å². The zero-order valence-electron chi connectivity index (χ0n) is 7.63. The molecule has 1 atom stereocenters. The van der Waals surface area contributed by atoms with Crippen molar-refractivity contribution in [2.24, 2.45) is 11.7 Å². The van der Waals surface area contributed by atoms with E-state index in [2.05, 4.69) is 10.2 Å². The molecule has 3 N–H and O–H groups in total. The molecule has 1 aromatic heterocycles. The lowest BCUT2D eigenvalue weighted by Gasteiger charge is -2.18. The number of rotatable bonds is 1. The highest BCUT2D eigenvalue weighted by molar-refractivity contribution is 5.99. The van der Waals surface area contributed by atoms with Crippen molar-refractivity contribution in [3.63, 3.8) is 0 Å². The van der Waals surface area contributed by atoms with Gasteiger partial charge in [0.2, 0.25) is 0 Å². The molecule has 4 heteroatoms. The summed E-state index contributed by atoms with van der Waals surface area (Å²) in [5.74, 6) is 0.464. The number of aryl methyl sites for hydroxylation is 1. The molecule has 0 bridgehead atoms. The van der Waals surface area contributed by atoms with Crippen molar-refractivity contribution in [2.45, 2.75) is 19.8 Å². The number of fused-ring (bicyclic) bond motifs is 1. The summed E-state index contributed by atoms with van der Waals surface area (Å²) < 4.78 is 0. The monoisotopic (exact) mass is 179 g/mol. The van der Waals surface area contributed by atoms with Gasteiger partial charge < -0.3 is 5.73 Å². The molecule has 1 unspecified atom stereocenters. The second-order valence-electron chi connectivity index (χ2n) is 3.60. The molecule has 0 amide bonds. The van der Waals surface area contributed by atoms with E-state index in [-0.39, 0.29) is 11.7 Å². The largest absolute Gasteiger partial charge is 0.330 e. The fourth-order valence-corrected chi connectivity index (χ4v) is 1.87. The van der Waals surface area contributed by atoms with Crippen molar-refractivity contribution in [1.29, 1.82) is 0 Å². The van der Waals surface area contributed by atoms with Crippen molar-refractivity contribution >= 4 is 5.78 Å². The summed E-state index contributed by atoms with van der Waals surface area (Å²) in [7, 11) is 0. The Morgan fingerprint density at radius 1 is 1.62 bits per heavy atom. The molecule has 0 spiro atoms. The SMILES string of the molecule is Cc1[nH]nc2c1C(=O)CC(CN)C2. The van der Waals surface area contributed by atoms with Crippen LogP contribution >= 0.6 is 0 Å². The average Bonchev–Trinajstić information content (AvgIpc) is 2.48. The third-order valence-electron chi connectivity index (χ3n) is 2.59. The van der Waals surface area contributed by atoms with Crippen LogP contribution < -0.4 is 5.73 Å². The molecular formula is C9H13N3O. The van der Waals surface area contributed by atoms with E-state index >= 15 is 0 Å². The lowest BCUT2D eigenvalue weighted by atomic mass is 9.86. The van der Waals surface area contributed by atoms with Crippen LogP contribution in [0.2, 0.25) is 0 Å². The zero-order chi connectivity index (χ0) is 9.42. The van der Waals surface area contributed by atoms with E-state index < -0.39 is 0 Å². The Hall–Kier alpha value is -1.16. The molecule has 1 aliphatic carbocycles. The van der Waals surface area contributed by atoms with Gasteiger partial charge in [-0.05, 0) is 25.8 Å². The number of nitrogens with one attached hydrogen (secondary N) is 1. The number of aromatic nitrogens is 2. The first-order chi connectivity index (χ1) is 6.22. The maximum atomic E-state index is 11.6. The van der Waals surface area contributed by atoms with Gasteiger partial charge in [-0.1, -0.05) is 0 Å². The Balaban J connectivity index is 2.39. The zero-order valence-corrected chi connectivity index (χ0v) is 7.63. The predicted octanol–water partition coefficient (Wildman–Crippen LogP) is 0.422. The first-order valence-electron chi connectivity index (χ1n) is 4.49. The number of ketones is 1. The molecule has 1 aromatic rings. The van der Waals surface area contributed by atoms with Crippen LogP contribution in [0.3, 0.4) is 0 Å². The summed E-state index contributed by atoms with van der Waals surface area (Å²) in [6.45, 7) is 2.45. The molecule has 0 aromatic carbocycles. The Morgan fingerprint density at radius 2 is 2.38 bits per heavy atom. The highest BCUT2D eigenvalue weighted by Gasteiger charge is 2.27. The molecule has 4 nitrogen and oxygen atoms in total. The minimum absolute atomic E-state index is 0.183. The van der Waals surface area contributed by atoms with Gasteiger partial charge in [-0.25, -0.2) is 0 Å². The number of carbonyl (C=O) groups excluding carboxylic acids is 1. The van der Waals surface area contributed by atoms with Crippen molar-refractivity contribution in [3.05, 3.63) is 17.0 Å². The van der Waals surface area contributed by atoms with Crippen molar-refractivity contribution < 1.29 is 4.79 Å². The van der Waals surface area contributed by atoms with Crippen LogP contribution in [0.25, 0.3) is 0 Å². The summed E-state index contributed by atoms with van der Waals surface area (Å²) in [6, 6.07) is 0. The van der Waals surface area contributed by atoms with E-state index in [4.69, 9.17) is 5.73 Å². The number of Topliss-reactive ketones (excluding diaryl/α,β-unsaturated/α-hetero) is 1. The van der Waals surface area contributed by atoms with Crippen molar-refractivity contribution in [3.8, 4) is 0 Å². The third kappa shape index (κ3) is 1.27. The summed E-state index contributed by atoms with van der Waals surface area (Å²) in [5.41, 5.74) is 8.11. The smallest absolute Gasteiger partial charge is 0.166 e. The lowest BCUT2D eigenvalue weighted by molar-refractivity contribution is 0.0950. The molecule has 2 rings (SSSR count). The van der Waals surface area contributed by atoms with Gasteiger partial charge in [-0.2, -0.15) is 5.10 Å². The quantitative estimate of drug-likeness (QED) is 0.656. The minimum Gasteiger partial charge on any atom is -0.330 e. The normalized spacial score (nSPS) is 21.7. The minimum atomic E-state index is 0.183. The fraction of sp³-hybridized carbons (Fsp3) is 0.556. The third-order valence-corrected chi connectivity index (χ3v) is 2.59. The number of H-pyrrole nitrogens is 1. The molecule has 13 heavy (non-hydrogen) atoms. The number of nitrogens with zero attached hydrogens (tertiary/aromatic N) is 1. The topological polar surface area (TPSA) is 71.8 Å². The fourth-order valence-electron chi connectivity index (χ4n) is 1.87. The summed E-state index contributed by atoms with van der Waals surface area (Å²) >= 11 is 0. The van der Waals surface area contributed by atoms with Crippen molar-refractivity contribution in [2.75, 3.05) is 6.54 Å². The van der Waals surface area contributed by atoms with Crippen LogP contribution in [0.15, 0.2) is 0 Å². The van der Waals surface area contributed by atoms with E-state index in [9.17, 15) is 4.79 Å². The summed E-state index contributed by atoms with van der Waals surface area (Å²) in [5, 5.41) is 6.95. The van der Waals surface area contributed by atoms with Gasteiger partial charge in [0.1, 0.15) is 0 Å². The van der Waals surface area contributed by atoms with Crippen LogP contribution in [0.4, 0.5) is 0 Å². The predicted molar refractivity (Wildman–Crippen MR) is 48.5 cm³/mol. The number of carbonyl (C=O) groups is 1. The Morgan fingerprint density at radius 3 is 3.08 bits per heavy atom. The van der Waals surface area contributed by atoms with Crippen LogP contribution in [0.1, 0.15) is 28.2 Å². The van der Waals surface area contributed by atoms with Gasteiger partial charge in [0.15, 0.2) is 5.78 Å². The molecule has 1 heterocycles. The molecule has 0 radical (unpaired) electrons. The number of hydrogen-bond acceptors (Lipinski definition) is 3. The first-order valence-corrected chi connectivity index (χ1v) is 4.49. The van der Waals surface area contributed by atoms with Crippen LogP contribution in [-0.2, 0) is 6.42 Å². The second kappa shape index (κ2) is 2.96.